The van der Waals surface area contributed by atoms with Gasteiger partial charge in [0, 0.05) is 16.9 Å². The fraction of sp³-hybridized carbons (Fsp3) is 0.143. The lowest BCUT2D eigenvalue weighted by Gasteiger charge is -2.02. The highest BCUT2D eigenvalue weighted by molar-refractivity contribution is 7.08. The minimum Gasteiger partial charge on any atom is -0.151 e. The smallest absolute Gasteiger partial charge is 0.0427 e. The molecule has 1 heterocycles. The van der Waals surface area contributed by atoms with E-state index in [1.165, 1.54) is 5.56 Å². The summed E-state index contributed by atoms with van der Waals surface area (Å²) in [5, 5.41) is 4.13. The van der Waals surface area contributed by atoms with E-state index in [2.05, 4.69) is 59.9 Å². The van der Waals surface area contributed by atoms with Crippen LogP contribution in [-0.2, 0) is 0 Å². The van der Waals surface area contributed by atoms with Gasteiger partial charge < -0.3 is 0 Å². The van der Waals surface area contributed by atoms with Crippen LogP contribution in [-0.4, -0.2) is 0 Å². The van der Waals surface area contributed by atoms with E-state index in [4.69, 9.17) is 0 Å². The summed E-state index contributed by atoms with van der Waals surface area (Å²) in [7, 11) is 0. The molecule has 0 fully saturated rings. The number of thiophene rings is 1. The lowest BCUT2D eigenvalue weighted by Crippen LogP contribution is -1.88. The standard InChI is InChI=1S/C14H12S/c1-12(14-5-3-2-4-6-14)7-8-13-9-10-15-11-13/h2-6,9-12H,1H3. The summed E-state index contributed by atoms with van der Waals surface area (Å²) in [6.07, 6.45) is 0. The second-order valence-corrected chi connectivity index (χ2v) is 4.19. The normalized spacial score (nSPS) is 11.5. The Morgan fingerprint density at radius 3 is 2.60 bits per heavy atom. The molecule has 1 atom stereocenters. The second-order valence-electron chi connectivity index (χ2n) is 3.41. The molecule has 0 nitrogen and oxygen atoms in total. The van der Waals surface area contributed by atoms with E-state index in [0.29, 0.717) is 5.92 Å². The van der Waals surface area contributed by atoms with Crippen LogP contribution < -0.4 is 0 Å². The third kappa shape index (κ3) is 2.71. The first-order chi connectivity index (χ1) is 7.36. The largest absolute Gasteiger partial charge is 0.151 e. The molecule has 2 aromatic rings. The molecule has 1 aromatic carbocycles. The zero-order valence-electron chi connectivity index (χ0n) is 8.60. The van der Waals surface area contributed by atoms with Gasteiger partial charge in [-0.2, -0.15) is 11.3 Å². The quantitative estimate of drug-likeness (QED) is 0.629. The highest BCUT2D eigenvalue weighted by Crippen LogP contribution is 2.13. The Hall–Kier alpha value is -1.52. The van der Waals surface area contributed by atoms with Crippen LogP contribution in [0.4, 0.5) is 0 Å². The molecule has 1 heteroatoms. The van der Waals surface area contributed by atoms with Gasteiger partial charge in [-0.15, -0.1) is 0 Å². The van der Waals surface area contributed by atoms with Crippen molar-refractivity contribution in [2.45, 2.75) is 12.8 Å². The molecule has 1 unspecified atom stereocenters. The first kappa shape index (κ1) is 10.0. The minimum atomic E-state index is 0.297. The van der Waals surface area contributed by atoms with E-state index in [0.717, 1.165) is 5.56 Å². The molecule has 0 bridgehead atoms. The third-order valence-electron chi connectivity index (χ3n) is 2.25. The molecule has 15 heavy (non-hydrogen) atoms. The van der Waals surface area contributed by atoms with Crippen molar-refractivity contribution in [3.05, 3.63) is 58.3 Å². The highest BCUT2D eigenvalue weighted by atomic mass is 32.1. The fourth-order valence-corrected chi connectivity index (χ4v) is 1.94. The zero-order valence-corrected chi connectivity index (χ0v) is 9.42. The number of hydrogen-bond acceptors (Lipinski definition) is 1. The Balaban J connectivity index is 2.13. The molecular weight excluding hydrogens is 200 g/mol. The van der Waals surface area contributed by atoms with E-state index in [1.807, 2.05) is 6.07 Å². The van der Waals surface area contributed by atoms with Crippen molar-refractivity contribution in [3.8, 4) is 11.8 Å². The van der Waals surface area contributed by atoms with Crippen molar-refractivity contribution >= 4 is 11.3 Å². The molecule has 0 amide bonds. The van der Waals surface area contributed by atoms with Gasteiger partial charge in [-0.05, 0) is 23.9 Å². The zero-order chi connectivity index (χ0) is 10.5. The molecule has 74 valence electrons. The molecule has 0 saturated carbocycles. The second kappa shape index (κ2) is 4.82. The van der Waals surface area contributed by atoms with Gasteiger partial charge >= 0.3 is 0 Å². The Labute approximate surface area is 94.6 Å². The predicted molar refractivity (Wildman–Crippen MR) is 66.1 cm³/mol. The van der Waals surface area contributed by atoms with E-state index >= 15 is 0 Å². The van der Waals surface area contributed by atoms with Gasteiger partial charge in [0.1, 0.15) is 0 Å². The van der Waals surface area contributed by atoms with Crippen LogP contribution >= 0.6 is 11.3 Å². The number of rotatable bonds is 1. The summed E-state index contributed by atoms with van der Waals surface area (Å²) < 4.78 is 0. The summed E-state index contributed by atoms with van der Waals surface area (Å²) in [6.45, 7) is 2.13. The van der Waals surface area contributed by atoms with Gasteiger partial charge in [0.05, 0.1) is 0 Å². The summed E-state index contributed by atoms with van der Waals surface area (Å²) in [5.41, 5.74) is 2.39. The van der Waals surface area contributed by atoms with Crippen molar-refractivity contribution in [2.24, 2.45) is 0 Å². The number of benzene rings is 1. The van der Waals surface area contributed by atoms with E-state index in [9.17, 15) is 0 Å². The predicted octanol–water partition coefficient (Wildman–Crippen LogP) is 3.90. The molecule has 0 aliphatic heterocycles. The maximum atomic E-state index is 3.26. The van der Waals surface area contributed by atoms with Crippen molar-refractivity contribution in [1.82, 2.24) is 0 Å². The van der Waals surface area contributed by atoms with Crippen LogP contribution in [0.3, 0.4) is 0 Å². The average Bonchev–Trinajstić information content (AvgIpc) is 2.80. The van der Waals surface area contributed by atoms with Gasteiger partial charge in [0.25, 0.3) is 0 Å². The maximum Gasteiger partial charge on any atom is 0.0427 e. The van der Waals surface area contributed by atoms with E-state index in [1.54, 1.807) is 11.3 Å². The SMILES string of the molecule is CC(C#Cc1ccsc1)c1ccccc1. The van der Waals surface area contributed by atoms with Crippen LogP contribution in [0, 0.1) is 11.8 Å². The molecular formula is C14H12S. The number of hydrogen-bond donors (Lipinski definition) is 0. The Bertz CT molecular complexity index is 457. The van der Waals surface area contributed by atoms with Crippen LogP contribution in [0.2, 0.25) is 0 Å². The van der Waals surface area contributed by atoms with Gasteiger partial charge in [-0.25, -0.2) is 0 Å². The Morgan fingerprint density at radius 2 is 1.93 bits per heavy atom. The molecule has 0 aliphatic carbocycles. The first-order valence-electron chi connectivity index (χ1n) is 4.95. The first-order valence-corrected chi connectivity index (χ1v) is 5.89. The molecule has 0 radical (unpaired) electrons. The fourth-order valence-electron chi connectivity index (χ4n) is 1.35. The lowest BCUT2D eigenvalue weighted by molar-refractivity contribution is 1.00. The van der Waals surface area contributed by atoms with E-state index in [-0.39, 0.29) is 0 Å². The van der Waals surface area contributed by atoms with E-state index < -0.39 is 0 Å². The monoisotopic (exact) mass is 212 g/mol. The topological polar surface area (TPSA) is 0 Å². The summed E-state index contributed by atoms with van der Waals surface area (Å²) in [6, 6.07) is 12.4. The summed E-state index contributed by atoms with van der Waals surface area (Å²) in [5.74, 6) is 6.74. The van der Waals surface area contributed by atoms with Gasteiger partial charge in [-0.1, -0.05) is 42.2 Å². The molecule has 0 saturated heterocycles. The van der Waals surface area contributed by atoms with Crippen molar-refractivity contribution in [1.29, 1.82) is 0 Å². The Kier molecular flexibility index (Phi) is 3.22. The maximum absolute atomic E-state index is 3.26. The van der Waals surface area contributed by atoms with Crippen molar-refractivity contribution in [2.75, 3.05) is 0 Å². The summed E-state index contributed by atoms with van der Waals surface area (Å²) >= 11 is 1.68. The molecule has 0 spiro atoms. The van der Waals surface area contributed by atoms with Gasteiger partial charge in [-0.3, -0.25) is 0 Å². The highest BCUT2D eigenvalue weighted by Gasteiger charge is 1.98. The van der Waals surface area contributed by atoms with Crippen molar-refractivity contribution < 1.29 is 0 Å². The van der Waals surface area contributed by atoms with Gasteiger partial charge in [0.15, 0.2) is 0 Å². The van der Waals surface area contributed by atoms with Crippen LogP contribution in [0.15, 0.2) is 47.2 Å². The molecule has 0 aliphatic rings. The lowest BCUT2D eigenvalue weighted by atomic mass is 10.0. The van der Waals surface area contributed by atoms with Crippen LogP contribution in [0.25, 0.3) is 0 Å². The van der Waals surface area contributed by atoms with Crippen molar-refractivity contribution in [3.63, 3.8) is 0 Å². The van der Waals surface area contributed by atoms with Crippen LogP contribution in [0.5, 0.6) is 0 Å². The molecule has 2 rings (SSSR count). The molecule has 1 aromatic heterocycles. The summed E-state index contributed by atoms with van der Waals surface area (Å²) in [4.78, 5) is 0. The minimum absolute atomic E-state index is 0.297. The average molecular weight is 212 g/mol. The van der Waals surface area contributed by atoms with Crippen LogP contribution in [0.1, 0.15) is 24.0 Å². The van der Waals surface area contributed by atoms with Gasteiger partial charge in [0.2, 0.25) is 0 Å². The Morgan fingerprint density at radius 1 is 1.13 bits per heavy atom. The molecule has 0 N–H and O–H groups in total. The third-order valence-corrected chi connectivity index (χ3v) is 2.94.